The van der Waals surface area contributed by atoms with Crippen molar-refractivity contribution >= 4 is 24.2 Å². The fourth-order valence-electron chi connectivity index (χ4n) is 1.33. The molecule has 0 N–H and O–H groups in total. The molecule has 0 radical (unpaired) electrons. The van der Waals surface area contributed by atoms with Gasteiger partial charge in [0.2, 0.25) is 8.32 Å². The minimum atomic E-state index is -1.71. The van der Waals surface area contributed by atoms with Gasteiger partial charge in [-0.3, -0.25) is 0 Å². The maximum atomic E-state index is 6.27. The minimum Gasteiger partial charge on any atom is -0.543 e. The zero-order valence-electron chi connectivity index (χ0n) is 11.7. The molecule has 96 valence electrons. The van der Waals surface area contributed by atoms with Crippen molar-refractivity contribution in [3.8, 4) is 5.75 Å². The van der Waals surface area contributed by atoms with Crippen molar-refractivity contribution in [3.05, 3.63) is 29.3 Å². The van der Waals surface area contributed by atoms with Crippen LogP contribution in [0.15, 0.2) is 18.2 Å². The van der Waals surface area contributed by atoms with Gasteiger partial charge in [0.1, 0.15) is 5.75 Å². The smallest absolute Gasteiger partial charge is 0.250 e. The SMILES string of the molecule is Cc1cc(O[Si](C)(C)C(C)(C)C)ccc1CBr. The predicted octanol–water partition coefficient (Wildman–Crippen LogP) is 5.27. The lowest BCUT2D eigenvalue weighted by molar-refractivity contribution is 0.492. The van der Waals surface area contributed by atoms with Crippen molar-refractivity contribution in [2.24, 2.45) is 0 Å². The second-order valence-electron chi connectivity index (χ2n) is 6.08. The van der Waals surface area contributed by atoms with E-state index in [1.165, 1.54) is 11.1 Å². The first-order valence-electron chi connectivity index (χ1n) is 6.02. The number of halogens is 1. The van der Waals surface area contributed by atoms with E-state index in [9.17, 15) is 0 Å². The second-order valence-corrected chi connectivity index (χ2v) is 11.4. The highest BCUT2D eigenvalue weighted by Crippen LogP contribution is 2.37. The van der Waals surface area contributed by atoms with Crippen LogP contribution in [-0.2, 0) is 5.33 Å². The molecule has 0 aliphatic rings. The molecular weight excluding hydrogens is 292 g/mol. The van der Waals surface area contributed by atoms with E-state index in [1.807, 2.05) is 0 Å². The molecule has 0 fully saturated rings. The van der Waals surface area contributed by atoms with Gasteiger partial charge >= 0.3 is 0 Å². The summed E-state index contributed by atoms with van der Waals surface area (Å²) in [5.74, 6) is 1.01. The van der Waals surface area contributed by atoms with Gasteiger partial charge in [-0.1, -0.05) is 42.8 Å². The van der Waals surface area contributed by atoms with Crippen LogP contribution >= 0.6 is 15.9 Å². The standard InChI is InChI=1S/C14H23BrOSi/c1-11-9-13(8-7-12(11)10-15)16-17(5,6)14(2,3)4/h7-9H,10H2,1-6H3. The van der Waals surface area contributed by atoms with Crippen LogP contribution in [0.2, 0.25) is 18.1 Å². The molecule has 3 heteroatoms. The van der Waals surface area contributed by atoms with Gasteiger partial charge in [0.25, 0.3) is 0 Å². The third-order valence-electron chi connectivity index (χ3n) is 3.64. The van der Waals surface area contributed by atoms with Crippen LogP contribution < -0.4 is 4.43 Å². The van der Waals surface area contributed by atoms with Crippen LogP contribution in [0, 0.1) is 6.92 Å². The summed E-state index contributed by atoms with van der Waals surface area (Å²) in [6.45, 7) is 13.5. The summed E-state index contributed by atoms with van der Waals surface area (Å²) in [6.07, 6.45) is 0. The Bertz CT molecular complexity index is 394. The quantitative estimate of drug-likeness (QED) is 0.545. The zero-order valence-corrected chi connectivity index (χ0v) is 14.3. The number of hydrogen-bond acceptors (Lipinski definition) is 1. The average molecular weight is 315 g/mol. The molecule has 0 spiro atoms. The van der Waals surface area contributed by atoms with Crippen LogP contribution in [0.4, 0.5) is 0 Å². The van der Waals surface area contributed by atoms with E-state index in [0.29, 0.717) is 0 Å². The molecule has 1 aromatic carbocycles. The van der Waals surface area contributed by atoms with Crippen molar-refractivity contribution in [2.75, 3.05) is 0 Å². The Hall–Kier alpha value is -0.283. The molecule has 0 saturated carbocycles. The summed E-state index contributed by atoms with van der Waals surface area (Å²) in [5.41, 5.74) is 2.62. The topological polar surface area (TPSA) is 9.23 Å². The van der Waals surface area contributed by atoms with Crippen molar-refractivity contribution in [1.29, 1.82) is 0 Å². The molecule has 17 heavy (non-hydrogen) atoms. The van der Waals surface area contributed by atoms with Crippen LogP contribution in [0.3, 0.4) is 0 Å². The Balaban J connectivity index is 2.93. The van der Waals surface area contributed by atoms with Gasteiger partial charge < -0.3 is 4.43 Å². The van der Waals surface area contributed by atoms with E-state index in [1.54, 1.807) is 0 Å². The highest BCUT2D eigenvalue weighted by Gasteiger charge is 2.38. The first-order chi connectivity index (χ1) is 7.67. The van der Waals surface area contributed by atoms with Gasteiger partial charge in [-0.2, -0.15) is 0 Å². The van der Waals surface area contributed by atoms with Gasteiger partial charge in [-0.05, 0) is 48.3 Å². The molecule has 1 aromatic rings. The number of alkyl halides is 1. The van der Waals surface area contributed by atoms with Gasteiger partial charge in [0.15, 0.2) is 0 Å². The highest BCUT2D eigenvalue weighted by atomic mass is 79.9. The average Bonchev–Trinajstić information content (AvgIpc) is 2.15. The lowest BCUT2D eigenvalue weighted by Crippen LogP contribution is -2.43. The molecule has 0 unspecified atom stereocenters. The Morgan fingerprint density at radius 3 is 2.24 bits per heavy atom. The van der Waals surface area contributed by atoms with Gasteiger partial charge in [-0.25, -0.2) is 0 Å². The number of rotatable bonds is 3. The van der Waals surface area contributed by atoms with E-state index in [0.717, 1.165) is 11.1 Å². The first kappa shape index (κ1) is 14.8. The molecule has 0 heterocycles. The maximum absolute atomic E-state index is 6.27. The fraction of sp³-hybridized carbons (Fsp3) is 0.571. The van der Waals surface area contributed by atoms with Crippen LogP contribution in [0.25, 0.3) is 0 Å². The molecule has 0 amide bonds. The molecule has 0 atom stereocenters. The molecule has 0 saturated heterocycles. The summed E-state index contributed by atoms with van der Waals surface area (Å²) in [4.78, 5) is 0. The second kappa shape index (κ2) is 5.15. The minimum absolute atomic E-state index is 0.245. The van der Waals surface area contributed by atoms with Crippen LogP contribution in [0.5, 0.6) is 5.75 Å². The summed E-state index contributed by atoms with van der Waals surface area (Å²) in [5, 5.41) is 1.15. The number of benzene rings is 1. The van der Waals surface area contributed by atoms with Gasteiger partial charge in [0, 0.05) is 5.33 Å². The first-order valence-corrected chi connectivity index (χ1v) is 10.0. The van der Waals surface area contributed by atoms with E-state index in [-0.39, 0.29) is 5.04 Å². The molecule has 1 nitrogen and oxygen atoms in total. The van der Waals surface area contributed by atoms with Crippen molar-refractivity contribution in [3.63, 3.8) is 0 Å². The third kappa shape index (κ3) is 3.59. The predicted molar refractivity (Wildman–Crippen MR) is 81.6 cm³/mol. The summed E-state index contributed by atoms with van der Waals surface area (Å²) in [7, 11) is -1.71. The summed E-state index contributed by atoms with van der Waals surface area (Å²) >= 11 is 3.49. The van der Waals surface area contributed by atoms with E-state index >= 15 is 0 Å². The lowest BCUT2D eigenvalue weighted by atomic mass is 10.1. The van der Waals surface area contributed by atoms with Gasteiger partial charge in [0.05, 0.1) is 0 Å². The lowest BCUT2D eigenvalue weighted by Gasteiger charge is -2.36. The van der Waals surface area contributed by atoms with Crippen LogP contribution in [-0.4, -0.2) is 8.32 Å². The van der Waals surface area contributed by atoms with Crippen molar-refractivity contribution in [1.82, 2.24) is 0 Å². The normalized spacial score (nSPS) is 12.6. The molecular formula is C14H23BrOSi. The largest absolute Gasteiger partial charge is 0.543 e. The van der Waals surface area contributed by atoms with Gasteiger partial charge in [-0.15, -0.1) is 0 Å². The van der Waals surface area contributed by atoms with Crippen LogP contribution in [0.1, 0.15) is 31.9 Å². The number of aryl methyl sites for hydroxylation is 1. The molecule has 0 aromatic heterocycles. The number of hydrogen-bond donors (Lipinski definition) is 0. The molecule has 0 aliphatic carbocycles. The Morgan fingerprint density at radius 2 is 1.82 bits per heavy atom. The summed E-state index contributed by atoms with van der Waals surface area (Å²) in [6, 6.07) is 6.38. The summed E-state index contributed by atoms with van der Waals surface area (Å²) < 4.78 is 6.27. The molecule has 0 aliphatic heterocycles. The maximum Gasteiger partial charge on any atom is 0.250 e. The Morgan fingerprint density at radius 1 is 1.24 bits per heavy atom. The molecule has 0 bridgehead atoms. The molecule has 1 rings (SSSR count). The van der Waals surface area contributed by atoms with E-state index in [4.69, 9.17) is 4.43 Å². The zero-order chi connectivity index (χ0) is 13.3. The van der Waals surface area contributed by atoms with Crippen molar-refractivity contribution in [2.45, 2.75) is 51.2 Å². The monoisotopic (exact) mass is 314 g/mol. The highest BCUT2D eigenvalue weighted by molar-refractivity contribution is 9.08. The van der Waals surface area contributed by atoms with E-state index in [2.05, 4.69) is 74.9 Å². The Labute approximate surface area is 115 Å². The Kier molecular flexibility index (Phi) is 4.47. The third-order valence-corrected chi connectivity index (χ3v) is 8.60. The fourth-order valence-corrected chi connectivity index (χ4v) is 2.98. The van der Waals surface area contributed by atoms with E-state index < -0.39 is 8.32 Å². The van der Waals surface area contributed by atoms with Crippen molar-refractivity contribution < 1.29 is 4.43 Å².